The van der Waals surface area contributed by atoms with E-state index >= 15 is 0 Å². The van der Waals surface area contributed by atoms with Crippen LogP contribution in [-0.2, 0) is 0 Å². The number of rotatable bonds is 3. The van der Waals surface area contributed by atoms with Crippen molar-refractivity contribution in [3.8, 4) is 22.6 Å². The van der Waals surface area contributed by atoms with Gasteiger partial charge in [0.05, 0.1) is 23.6 Å². The number of ether oxygens (including phenoxy) is 1. The van der Waals surface area contributed by atoms with Crippen LogP contribution in [0, 0.1) is 6.92 Å². The Bertz CT molecular complexity index is 952. The zero-order valence-electron chi connectivity index (χ0n) is 12.6. The number of phenols is 1. The van der Waals surface area contributed by atoms with E-state index in [0.29, 0.717) is 28.7 Å². The zero-order chi connectivity index (χ0) is 16.6. The highest BCUT2D eigenvalue weighted by Crippen LogP contribution is 2.30. The van der Waals surface area contributed by atoms with Crippen LogP contribution in [0.3, 0.4) is 0 Å². The summed E-state index contributed by atoms with van der Waals surface area (Å²) in [5.41, 5.74) is 1.50. The Balaban J connectivity index is 2.28. The van der Waals surface area contributed by atoms with Crippen molar-refractivity contribution in [3.63, 3.8) is 0 Å². The molecule has 0 saturated carbocycles. The van der Waals surface area contributed by atoms with Crippen molar-refractivity contribution in [2.45, 2.75) is 6.92 Å². The number of hydrogen-bond acceptors (Lipinski definition) is 5. The molecule has 0 bridgehead atoms. The average molecular weight is 310 g/mol. The number of aldehydes is 1. The van der Waals surface area contributed by atoms with Gasteiger partial charge in [0.25, 0.3) is 0 Å². The third-order valence-corrected chi connectivity index (χ3v) is 3.83. The minimum absolute atomic E-state index is 0.0641. The fraction of sp³-hybridized carbons (Fsp3) is 0.111. The van der Waals surface area contributed by atoms with Gasteiger partial charge in [-0.05, 0) is 30.7 Å². The Morgan fingerprint density at radius 3 is 2.52 bits per heavy atom. The molecule has 5 heteroatoms. The summed E-state index contributed by atoms with van der Waals surface area (Å²) in [6, 6.07) is 8.36. The number of aromatic hydroxyl groups is 1. The van der Waals surface area contributed by atoms with Gasteiger partial charge >= 0.3 is 0 Å². The molecule has 1 heterocycles. The molecular formula is C18H14O5. The molecule has 0 spiro atoms. The SMILES string of the molecule is COc1ccc(-c2coc3c(C)c(O)c(C=O)cc3c2=O)cc1. The van der Waals surface area contributed by atoms with Gasteiger partial charge in [0.2, 0.25) is 5.43 Å². The zero-order valence-corrected chi connectivity index (χ0v) is 12.6. The summed E-state index contributed by atoms with van der Waals surface area (Å²) >= 11 is 0. The first-order valence-corrected chi connectivity index (χ1v) is 6.94. The van der Waals surface area contributed by atoms with Crippen LogP contribution in [0.5, 0.6) is 11.5 Å². The molecule has 0 unspecified atom stereocenters. The molecule has 23 heavy (non-hydrogen) atoms. The number of hydrogen-bond donors (Lipinski definition) is 1. The van der Waals surface area contributed by atoms with Crippen LogP contribution in [0.2, 0.25) is 0 Å². The van der Waals surface area contributed by atoms with Crippen LogP contribution >= 0.6 is 0 Å². The lowest BCUT2D eigenvalue weighted by Crippen LogP contribution is -2.06. The van der Waals surface area contributed by atoms with Gasteiger partial charge in [-0.2, -0.15) is 0 Å². The molecule has 0 saturated heterocycles. The van der Waals surface area contributed by atoms with E-state index in [1.165, 1.54) is 12.3 Å². The summed E-state index contributed by atoms with van der Waals surface area (Å²) in [6.07, 6.45) is 1.88. The highest BCUT2D eigenvalue weighted by Gasteiger charge is 2.16. The molecule has 5 nitrogen and oxygen atoms in total. The maximum Gasteiger partial charge on any atom is 0.200 e. The third-order valence-electron chi connectivity index (χ3n) is 3.83. The number of phenolic OH excluding ortho intramolecular Hbond substituents is 1. The maximum atomic E-state index is 12.7. The molecular weight excluding hydrogens is 296 g/mol. The first-order valence-electron chi connectivity index (χ1n) is 6.94. The molecule has 3 aromatic rings. The highest BCUT2D eigenvalue weighted by atomic mass is 16.5. The highest BCUT2D eigenvalue weighted by molar-refractivity contribution is 5.93. The van der Waals surface area contributed by atoms with E-state index in [2.05, 4.69) is 0 Å². The number of benzene rings is 2. The first kappa shape index (κ1) is 14.8. The normalized spacial score (nSPS) is 10.7. The number of carbonyl (C=O) groups excluding carboxylic acids is 1. The Labute approximate surface area is 131 Å². The number of fused-ring (bicyclic) bond motifs is 1. The Morgan fingerprint density at radius 2 is 1.91 bits per heavy atom. The minimum atomic E-state index is -0.261. The lowest BCUT2D eigenvalue weighted by Gasteiger charge is -2.08. The van der Waals surface area contributed by atoms with Crippen LogP contribution < -0.4 is 10.2 Å². The second-order valence-electron chi connectivity index (χ2n) is 5.14. The van der Waals surface area contributed by atoms with E-state index in [1.807, 2.05) is 0 Å². The lowest BCUT2D eigenvalue weighted by molar-refractivity contribution is 0.112. The molecule has 1 aromatic heterocycles. The van der Waals surface area contributed by atoms with Crippen LogP contribution in [0.1, 0.15) is 15.9 Å². The predicted octanol–water partition coefficient (Wildman–Crippen LogP) is 3.30. The van der Waals surface area contributed by atoms with Crippen molar-refractivity contribution in [3.05, 3.63) is 57.9 Å². The molecule has 2 aromatic carbocycles. The number of aryl methyl sites for hydroxylation is 1. The van der Waals surface area contributed by atoms with Crippen LogP contribution in [0.25, 0.3) is 22.1 Å². The fourth-order valence-corrected chi connectivity index (χ4v) is 2.51. The molecule has 0 atom stereocenters. The topological polar surface area (TPSA) is 76.7 Å². The van der Waals surface area contributed by atoms with Gasteiger partial charge in [0, 0.05) is 5.56 Å². The summed E-state index contributed by atoms with van der Waals surface area (Å²) in [6.45, 7) is 1.60. The summed E-state index contributed by atoms with van der Waals surface area (Å²) < 4.78 is 10.6. The van der Waals surface area contributed by atoms with Gasteiger partial charge in [-0.15, -0.1) is 0 Å². The van der Waals surface area contributed by atoms with E-state index in [4.69, 9.17) is 9.15 Å². The van der Waals surface area contributed by atoms with Crippen molar-refractivity contribution in [2.75, 3.05) is 7.11 Å². The minimum Gasteiger partial charge on any atom is -0.507 e. The fourth-order valence-electron chi connectivity index (χ4n) is 2.51. The Kier molecular flexibility index (Phi) is 3.62. The smallest absolute Gasteiger partial charge is 0.200 e. The second-order valence-corrected chi connectivity index (χ2v) is 5.14. The quantitative estimate of drug-likeness (QED) is 0.751. The van der Waals surface area contributed by atoms with Gasteiger partial charge in [-0.3, -0.25) is 9.59 Å². The second kappa shape index (κ2) is 5.61. The van der Waals surface area contributed by atoms with E-state index in [0.717, 1.165) is 0 Å². The van der Waals surface area contributed by atoms with Crippen molar-refractivity contribution < 1.29 is 19.1 Å². The van der Waals surface area contributed by atoms with Crippen molar-refractivity contribution in [2.24, 2.45) is 0 Å². The monoisotopic (exact) mass is 310 g/mol. The van der Waals surface area contributed by atoms with Gasteiger partial charge in [-0.1, -0.05) is 12.1 Å². The summed E-state index contributed by atoms with van der Waals surface area (Å²) in [5, 5.41) is 10.2. The van der Waals surface area contributed by atoms with Crippen LogP contribution in [0.15, 0.2) is 45.8 Å². The Morgan fingerprint density at radius 1 is 1.22 bits per heavy atom. The first-order chi connectivity index (χ1) is 11.1. The predicted molar refractivity (Wildman–Crippen MR) is 86.3 cm³/mol. The molecule has 0 aliphatic rings. The molecule has 0 aliphatic carbocycles. The van der Waals surface area contributed by atoms with Crippen LogP contribution in [-0.4, -0.2) is 18.5 Å². The molecule has 1 N–H and O–H groups in total. The van der Waals surface area contributed by atoms with Gasteiger partial charge in [0.1, 0.15) is 23.3 Å². The third kappa shape index (κ3) is 2.36. The van der Waals surface area contributed by atoms with Crippen molar-refractivity contribution in [1.29, 1.82) is 0 Å². The average Bonchev–Trinajstić information content (AvgIpc) is 2.59. The molecule has 0 fully saturated rings. The lowest BCUT2D eigenvalue weighted by atomic mass is 10.0. The largest absolute Gasteiger partial charge is 0.507 e. The van der Waals surface area contributed by atoms with E-state index in [1.54, 1.807) is 38.3 Å². The molecule has 0 aliphatic heterocycles. The molecule has 3 rings (SSSR count). The molecule has 0 radical (unpaired) electrons. The van der Waals surface area contributed by atoms with Gasteiger partial charge in [0.15, 0.2) is 6.29 Å². The Hall–Kier alpha value is -3.08. The van der Waals surface area contributed by atoms with E-state index in [-0.39, 0.29) is 27.7 Å². The summed E-state index contributed by atoms with van der Waals surface area (Å²) in [7, 11) is 1.57. The number of carbonyl (C=O) groups is 1. The summed E-state index contributed by atoms with van der Waals surface area (Å²) in [4.78, 5) is 23.8. The van der Waals surface area contributed by atoms with Crippen molar-refractivity contribution in [1.82, 2.24) is 0 Å². The van der Waals surface area contributed by atoms with Gasteiger partial charge < -0.3 is 14.3 Å². The number of methoxy groups -OCH3 is 1. The standard InChI is InChI=1S/C18H14O5/c1-10-16(20)12(8-19)7-14-17(21)15(9-23-18(10)14)11-3-5-13(22-2)6-4-11/h3-9,20H,1-2H3. The maximum absolute atomic E-state index is 12.7. The van der Waals surface area contributed by atoms with Gasteiger partial charge in [-0.25, -0.2) is 0 Å². The van der Waals surface area contributed by atoms with E-state index in [9.17, 15) is 14.7 Å². The summed E-state index contributed by atoms with van der Waals surface area (Å²) in [5.74, 6) is 0.510. The molecule has 116 valence electrons. The van der Waals surface area contributed by atoms with E-state index < -0.39 is 0 Å². The van der Waals surface area contributed by atoms with Crippen LogP contribution in [0.4, 0.5) is 0 Å². The molecule has 0 amide bonds. The van der Waals surface area contributed by atoms with Crippen molar-refractivity contribution >= 4 is 17.3 Å².